The Labute approximate surface area is 193 Å². The summed E-state index contributed by atoms with van der Waals surface area (Å²) in [6.07, 6.45) is 0.851. The van der Waals surface area contributed by atoms with Crippen molar-refractivity contribution in [3.05, 3.63) is 71.3 Å². The molecule has 0 spiro atoms. The maximum absolute atomic E-state index is 13.1. The minimum atomic E-state index is -1.79. The molecule has 0 aliphatic heterocycles. The molecule has 2 aromatic carbocycles. The van der Waals surface area contributed by atoms with Gasteiger partial charge in [0.05, 0.1) is 5.94 Å². The maximum Gasteiger partial charge on any atom is 0.475 e. The molecule has 0 bridgehead atoms. The Balaban J connectivity index is 2.14. The summed E-state index contributed by atoms with van der Waals surface area (Å²) in [4.78, 5) is 29.6. The number of hydrogen-bond donors (Lipinski definition) is 7. The highest BCUT2D eigenvalue weighted by Crippen LogP contribution is 2.09. The second kappa shape index (κ2) is 13.2. The van der Waals surface area contributed by atoms with Gasteiger partial charge in [0.15, 0.2) is 5.96 Å². The summed E-state index contributed by atoms with van der Waals surface area (Å²) in [5.41, 5.74) is 18.4. The Bertz CT molecular complexity index is 920. The molecule has 176 valence electrons. The maximum atomic E-state index is 13.1. The Morgan fingerprint density at radius 3 is 2.18 bits per heavy atom. The number of benzene rings is 2. The van der Waals surface area contributed by atoms with E-state index in [4.69, 9.17) is 17.2 Å². The van der Waals surface area contributed by atoms with E-state index < -0.39 is 30.9 Å². The van der Waals surface area contributed by atoms with E-state index in [1.165, 1.54) is 0 Å². The predicted molar refractivity (Wildman–Crippen MR) is 128 cm³/mol. The largest absolute Gasteiger partial charge is 0.475 e. The fraction of sp³-hybridized carbons (Fsp3) is 0.318. The summed E-state index contributed by atoms with van der Waals surface area (Å²) >= 11 is 0. The van der Waals surface area contributed by atoms with E-state index in [9.17, 15) is 19.6 Å². The molecule has 2 amide bonds. The van der Waals surface area contributed by atoms with Crippen molar-refractivity contribution in [1.82, 2.24) is 10.6 Å². The van der Waals surface area contributed by atoms with Crippen LogP contribution in [0.5, 0.6) is 0 Å². The molecule has 0 aromatic heterocycles. The zero-order chi connectivity index (χ0) is 24.2. The first-order chi connectivity index (χ1) is 15.8. The lowest BCUT2D eigenvalue weighted by Crippen LogP contribution is -2.54. The third-order valence-corrected chi connectivity index (χ3v) is 5.01. The highest BCUT2D eigenvalue weighted by molar-refractivity contribution is 6.43. The van der Waals surface area contributed by atoms with Crippen molar-refractivity contribution in [2.45, 2.75) is 37.8 Å². The molecular formula is C22H31BN6O4. The van der Waals surface area contributed by atoms with E-state index in [-0.39, 0.29) is 25.3 Å². The first-order valence-electron chi connectivity index (χ1n) is 10.7. The van der Waals surface area contributed by atoms with Crippen molar-refractivity contribution in [3.63, 3.8) is 0 Å². The zero-order valence-corrected chi connectivity index (χ0v) is 18.4. The lowest BCUT2D eigenvalue weighted by Gasteiger charge is -2.23. The highest BCUT2D eigenvalue weighted by Gasteiger charge is 2.29. The van der Waals surface area contributed by atoms with Gasteiger partial charge >= 0.3 is 7.12 Å². The molecular weight excluding hydrogens is 423 g/mol. The van der Waals surface area contributed by atoms with Crippen molar-refractivity contribution in [2.75, 3.05) is 6.54 Å². The van der Waals surface area contributed by atoms with Crippen molar-refractivity contribution < 1.29 is 19.6 Å². The number of hydrogen-bond acceptors (Lipinski definition) is 6. The smallest absolute Gasteiger partial charge is 0.426 e. The molecule has 2 atom stereocenters. The zero-order valence-electron chi connectivity index (χ0n) is 18.4. The van der Waals surface area contributed by atoms with Gasteiger partial charge in [0.2, 0.25) is 5.91 Å². The molecule has 10 nitrogen and oxygen atoms in total. The van der Waals surface area contributed by atoms with E-state index in [1.807, 2.05) is 24.3 Å². The fourth-order valence-electron chi connectivity index (χ4n) is 3.19. The molecule has 0 saturated carbocycles. The number of aliphatic imine (C=N–C) groups is 1. The van der Waals surface area contributed by atoms with Gasteiger partial charge in [-0.15, -0.1) is 0 Å². The third-order valence-electron chi connectivity index (χ3n) is 5.01. The van der Waals surface area contributed by atoms with Crippen LogP contribution in [0.2, 0.25) is 0 Å². The van der Waals surface area contributed by atoms with E-state index in [0.717, 1.165) is 11.1 Å². The van der Waals surface area contributed by atoms with E-state index >= 15 is 0 Å². The number of nitrogens with two attached hydrogens (primary N) is 3. The quantitative estimate of drug-likeness (QED) is 0.0930. The van der Waals surface area contributed by atoms with Crippen LogP contribution >= 0.6 is 0 Å². The topological polar surface area (TPSA) is 189 Å². The standard InChI is InChI=1S/C22H31BN6O4/c24-14-16-10-8-15(9-11-16)13-18(28-20(30)17-5-2-1-3-6-17)21(31)29-19(23(32)33)7-4-12-27-22(25)26/h1-3,5-6,8-11,18-19,32-33H,4,7,12-14,24H2,(H,28,30)(H,29,31)(H4,25,26,27)/t18-,19-/m0/s1. The van der Waals surface area contributed by atoms with Crippen LogP contribution in [0.1, 0.15) is 34.3 Å². The Hall–Kier alpha value is -3.41. The van der Waals surface area contributed by atoms with Crippen molar-refractivity contribution in [2.24, 2.45) is 22.2 Å². The summed E-state index contributed by atoms with van der Waals surface area (Å²) < 4.78 is 0. The molecule has 33 heavy (non-hydrogen) atoms. The number of rotatable bonds is 12. The first-order valence-corrected chi connectivity index (χ1v) is 10.7. The number of nitrogens with zero attached hydrogens (tertiary/aromatic N) is 1. The van der Waals surface area contributed by atoms with Crippen LogP contribution in [-0.2, 0) is 17.8 Å². The lowest BCUT2D eigenvalue weighted by atomic mass is 9.76. The van der Waals surface area contributed by atoms with Gasteiger partial charge in [0, 0.05) is 25.1 Å². The number of nitrogens with one attached hydrogen (secondary N) is 2. The van der Waals surface area contributed by atoms with E-state index in [0.29, 0.717) is 18.5 Å². The van der Waals surface area contributed by atoms with Crippen LogP contribution in [0.25, 0.3) is 0 Å². The van der Waals surface area contributed by atoms with E-state index in [1.54, 1.807) is 30.3 Å². The van der Waals surface area contributed by atoms with E-state index in [2.05, 4.69) is 15.6 Å². The predicted octanol–water partition coefficient (Wildman–Crippen LogP) is -0.963. The molecule has 11 heteroatoms. The third kappa shape index (κ3) is 8.93. The van der Waals surface area contributed by atoms with Gasteiger partial charge in [0.1, 0.15) is 6.04 Å². The summed E-state index contributed by atoms with van der Waals surface area (Å²) in [5, 5.41) is 24.8. The fourth-order valence-corrected chi connectivity index (χ4v) is 3.19. The van der Waals surface area contributed by atoms with Gasteiger partial charge in [-0.2, -0.15) is 0 Å². The van der Waals surface area contributed by atoms with Crippen molar-refractivity contribution >= 4 is 24.9 Å². The van der Waals surface area contributed by atoms with Crippen LogP contribution in [0.4, 0.5) is 0 Å². The van der Waals surface area contributed by atoms with Crippen LogP contribution in [0.3, 0.4) is 0 Å². The number of carbonyl (C=O) groups is 2. The van der Waals surface area contributed by atoms with Gasteiger partial charge in [0.25, 0.3) is 5.91 Å². The Morgan fingerprint density at radius 2 is 1.61 bits per heavy atom. The second-order valence-electron chi connectivity index (χ2n) is 7.59. The SMILES string of the molecule is NCc1ccc(C[C@H](NC(=O)c2ccccc2)C(=O)N[C@@H](CCCN=C(N)N)B(O)O)cc1. The summed E-state index contributed by atoms with van der Waals surface area (Å²) in [6, 6.07) is 15.0. The number of amides is 2. The summed E-state index contributed by atoms with van der Waals surface area (Å²) in [5.74, 6) is -1.97. The molecule has 0 aliphatic carbocycles. The van der Waals surface area contributed by atoms with Crippen LogP contribution in [0.15, 0.2) is 59.6 Å². The molecule has 0 saturated heterocycles. The molecule has 0 aliphatic rings. The van der Waals surface area contributed by atoms with Crippen LogP contribution in [0, 0.1) is 0 Å². The average molecular weight is 454 g/mol. The summed E-state index contributed by atoms with van der Waals surface area (Å²) in [6.45, 7) is 0.675. The van der Waals surface area contributed by atoms with Gasteiger partial charge in [-0.1, -0.05) is 42.5 Å². The lowest BCUT2D eigenvalue weighted by molar-refractivity contribution is -0.123. The minimum absolute atomic E-state index is 0.0653. The van der Waals surface area contributed by atoms with Gasteiger partial charge < -0.3 is 37.9 Å². The van der Waals surface area contributed by atoms with Crippen molar-refractivity contribution in [1.29, 1.82) is 0 Å². The number of carbonyl (C=O) groups excluding carboxylic acids is 2. The second-order valence-corrected chi connectivity index (χ2v) is 7.59. The number of guanidine groups is 1. The van der Waals surface area contributed by atoms with Gasteiger partial charge in [-0.25, -0.2) is 0 Å². The molecule has 2 rings (SSSR count). The summed E-state index contributed by atoms with van der Waals surface area (Å²) in [7, 11) is -1.79. The normalized spacial score (nSPS) is 12.3. The molecule has 0 heterocycles. The Kier molecular flexibility index (Phi) is 10.4. The highest BCUT2D eigenvalue weighted by atomic mass is 16.4. The van der Waals surface area contributed by atoms with Gasteiger partial charge in [-0.05, 0) is 36.1 Å². The monoisotopic (exact) mass is 454 g/mol. The molecule has 0 unspecified atom stereocenters. The van der Waals surface area contributed by atoms with Crippen LogP contribution < -0.4 is 27.8 Å². The molecule has 0 radical (unpaired) electrons. The molecule has 0 fully saturated rings. The van der Waals surface area contributed by atoms with Gasteiger partial charge in [-0.3, -0.25) is 14.6 Å². The Morgan fingerprint density at radius 1 is 0.970 bits per heavy atom. The first kappa shape index (κ1) is 25.9. The molecule has 2 aromatic rings. The minimum Gasteiger partial charge on any atom is -0.426 e. The van der Waals surface area contributed by atoms with Crippen molar-refractivity contribution in [3.8, 4) is 0 Å². The molecule has 10 N–H and O–H groups in total. The average Bonchev–Trinajstić information content (AvgIpc) is 2.81. The van der Waals surface area contributed by atoms with Crippen LogP contribution in [-0.4, -0.2) is 53.5 Å².